The van der Waals surface area contributed by atoms with Gasteiger partial charge in [0.15, 0.2) is 0 Å². The number of nitrogens with one attached hydrogen (secondary N) is 1. The van der Waals surface area contributed by atoms with Crippen LogP contribution < -0.4 is 38.9 Å². The maximum atomic E-state index is 3.82. The lowest BCUT2D eigenvalue weighted by molar-refractivity contribution is -0.898. The van der Waals surface area contributed by atoms with E-state index in [1.54, 1.807) is 4.90 Å². The van der Waals surface area contributed by atoms with Gasteiger partial charge in [0, 0.05) is 0 Å². The molecule has 0 aliphatic heterocycles. The number of quaternary nitrogens is 2. The van der Waals surface area contributed by atoms with Crippen LogP contribution in [0, 0.1) is 0 Å². The van der Waals surface area contributed by atoms with Crippen LogP contribution in [0.15, 0.2) is 25.3 Å². The van der Waals surface area contributed by atoms with Crippen LogP contribution in [-0.2, 0) is 0 Å². The highest BCUT2D eigenvalue weighted by molar-refractivity contribution is 4.70. The number of likely N-dealkylation sites (N-methyl/N-ethyl adjacent to an activating group) is 1. The van der Waals surface area contributed by atoms with Gasteiger partial charge in [-0.25, -0.2) is 0 Å². The zero-order valence-electron chi connectivity index (χ0n) is 16.3. The highest BCUT2D eigenvalue weighted by Gasteiger charge is 2.16. The van der Waals surface area contributed by atoms with Crippen LogP contribution in [0.1, 0.15) is 52.4 Å². The van der Waals surface area contributed by atoms with Crippen LogP contribution in [0.25, 0.3) is 0 Å². The molecule has 0 aromatic heterocycles. The number of hydrogen-bond donors (Lipinski definition) is 1. The first-order valence-corrected chi connectivity index (χ1v) is 8.80. The summed E-state index contributed by atoms with van der Waals surface area (Å²) in [5.41, 5.74) is 0. The van der Waals surface area contributed by atoms with Crippen molar-refractivity contribution in [2.75, 3.05) is 47.3 Å². The molecule has 0 aliphatic carbocycles. The van der Waals surface area contributed by atoms with E-state index < -0.39 is 0 Å². The van der Waals surface area contributed by atoms with Crippen molar-refractivity contribution < 1.29 is 43.3 Å². The molecule has 0 spiro atoms. The Morgan fingerprint density at radius 2 is 1.30 bits per heavy atom. The number of unbranched alkanes of at least 4 members (excludes halogenated alkanes) is 4. The van der Waals surface area contributed by atoms with Gasteiger partial charge in [-0.1, -0.05) is 46.3 Å². The third kappa shape index (κ3) is 24.7. The van der Waals surface area contributed by atoms with Gasteiger partial charge in [0.2, 0.25) is 0 Å². The van der Waals surface area contributed by atoms with Gasteiger partial charge in [-0.2, -0.15) is 0 Å². The Morgan fingerprint density at radius 3 is 1.61 bits per heavy atom. The average Bonchev–Trinajstić information content (AvgIpc) is 2.43. The second-order valence-corrected chi connectivity index (χ2v) is 6.66. The van der Waals surface area contributed by atoms with E-state index in [0.29, 0.717) is 0 Å². The van der Waals surface area contributed by atoms with E-state index in [-0.39, 0.29) is 34.0 Å². The fourth-order valence-corrected chi connectivity index (χ4v) is 2.33. The van der Waals surface area contributed by atoms with Gasteiger partial charge in [0.1, 0.15) is 0 Å². The lowest BCUT2D eigenvalue weighted by atomic mass is 10.2. The standard InChI is InChI=1S/C13H26N.C6H15N.2BrH/c1-5-8-9-10-13-14(4,11-6-2)12-7-3;1-4-5-6-7(2)3;;/h6-7H,2-3,5,8-13H2,1,4H3;4-6H2,1-3H3;2*1H/q+1;;;/p-1. The molecule has 2 nitrogen and oxygen atoms in total. The molecule has 1 N–H and O–H groups in total. The fourth-order valence-electron chi connectivity index (χ4n) is 2.33. The topological polar surface area (TPSA) is 4.44 Å². The summed E-state index contributed by atoms with van der Waals surface area (Å²) in [6, 6.07) is 0. The summed E-state index contributed by atoms with van der Waals surface area (Å²) in [5.74, 6) is 0. The highest BCUT2D eigenvalue weighted by atomic mass is 79.9. The first-order chi connectivity index (χ1) is 9.95. The molecule has 23 heavy (non-hydrogen) atoms. The van der Waals surface area contributed by atoms with Crippen LogP contribution >= 0.6 is 0 Å². The Balaban J connectivity index is -0.000000173. The smallest absolute Gasteiger partial charge is 0.0971 e. The molecule has 0 bridgehead atoms. The molecule has 0 unspecified atom stereocenters. The Morgan fingerprint density at radius 1 is 0.826 bits per heavy atom. The fraction of sp³-hybridized carbons (Fsp3) is 0.789. The average molecular weight is 458 g/mol. The molecule has 0 aromatic rings. The normalized spacial score (nSPS) is 10.0. The molecule has 0 heterocycles. The van der Waals surface area contributed by atoms with Crippen molar-refractivity contribution in [1.29, 1.82) is 0 Å². The van der Waals surface area contributed by atoms with Crippen molar-refractivity contribution in [2.45, 2.75) is 52.4 Å². The van der Waals surface area contributed by atoms with Crippen LogP contribution in [0.4, 0.5) is 0 Å². The molecule has 0 saturated carbocycles. The van der Waals surface area contributed by atoms with Crippen LogP contribution in [0.2, 0.25) is 0 Å². The van der Waals surface area contributed by atoms with E-state index >= 15 is 0 Å². The summed E-state index contributed by atoms with van der Waals surface area (Å²) in [6.07, 6.45) is 12.1. The Bertz CT molecular complexity index is 234. The van der Waals surface area contributed by atoms with E-state index in [2.05, 4.69) is 48.1 Å². The third-order valence-corrected chi connectivity index (χ3v) is 3.72. The minimum atomic E-state index is 0. The molecule has 0 atom stereocenters. The van der Waals surface area contributed by atoms with E-state index in [4.69, 9.17) is 0 Å². The molecular formula is C19H42Br2N2. The lowest BCUT2D eigenvalue weighted by Crippen LogP contribution is -3.05. The molecule has 0 radical (unpaired) electrons. The van der Waals surface area contributed by atoms with Crippen molar-refractivity contribution in [1.82, 2.24) is 0 Å². The first kappa shape index (κ1) is 31.2. The number of hydrogen-bond acceptors (Lipinski definition) is 0. The van der Waals surface area contributed by atoms with Crippen LogP contribution in [-0.4, -0.2) is 51.8 Å². The van der Waals surface area contributed by atoms with E-state index in [0.717, 1.165) is 17.6 Å². The van der Waals surface area contributed by atoms with Crippen LogP contribution in [0.3, 0.4) is 0 Å². The minimum Gasteiger partial charge on any atom is -1.00 e. The molecule has 0 saturated heterocycles. The monoisotopic (exact) mass is 456 g/mol. The molecular weight excluding hydrogens is 416 g/mol. The van der Waals surface area contributed by atoms with Gasteiger partial charge in [0.25, 0.3) is 0 Å². The van der Waals surface area contributed by atoms with Gasteiger partial charge in [-0.15, -0.1) is 0 Å². The zero-order chi connectivity index (χ0) is 16.6. The summed E-state index contributed by atoms with van der Waals surface area (Å²) >= 11 is 0. The Labute approximate surface area is 168 Å². The maximum absolute atomic E-state index is 3.82. The molecule has 0 rings (SSSR count). The van der Waals surface area contributed by atoms with Crippen LogP contribution in [0.5, 0.6) is 0 Å². The zero-order valence-corrected chi connectivity index (χ0v) is 19.5. The lowest BCUT2D eigenvalue weighted by Gasteiger charge is -2.32. The van der Waals surface area contributed by atoms with Crippen molar-refractivity contribution in [3.8, 4) is 0 Å². The second kappa shape index (κ2) is 22.4. The molecule has 0 fully saturated rings. The number of rotatable bonds is 12. The summed E-state index contributed by atoms with van der Waals surface area (Å²) < 4.78 is 1.07. The SMILES string of the molecule is C=CC[N+](C)(CC=C)CCCCCC.CCCC[NH+](C)C.[Br-].[Br-]. The largest absolute Gasteiger partial charge is 1.00 e. The third-order valence-electron chi connectivity index (χ3n) is 3.72. The van der Waals surface area contributed by atoms with Crippen molar-refractivity contribution in [3.63, 3.8) is 0 Å². The van der Waals surface area contributed by atoms with Gasteiger partial charge in [0.05, 0.1) is 47.3 Å². The summed E-state index contributed by atoms with van der Waals surface area (Å²) in [5, 5.41) is 0. The summed E-state index contributed by atoms with van der Waals surface area (Å²) in [7, 11) is 6.67. The van der Waals surface area contributed by atoms with Gasteiger partial charge in [-0.05, 0) is 31.4 Å². The molecule has 4 heteroatoms. The van der Waals surface area contributed by atoms with Crippen molar-refractivity contribution >= 4 is 0 Å². The maximum Gasteiger partial charge on any atom is 0.0971 e. The van der Waals surface area contributed by atoms with E-state index in [9.17, 15) is 0 Å². The van der Waals surface area contributed by atoms with Gasteiger partial charge < -0.3 is 43.3 Å². The van der Waals surface area contributed by atoms with Gasteiger partial charge in [-0.3, -0.25) is 0 Å². The van der Waals surface area contributed by atoms with Crippen molar-refractivity contribution in [3.05, 3.63) is 25.3 Å². The quantitative estimate of drug-likeness (QED) is 0.185. The summed E-state index contributed by atoms with van der Waals surface area (Å²) in [6.45, 7) is 16.8. The Kier molecular flexibility index (Phi) is 30.3. The summed E-state index contributed by atoms with van der Waals surface area (Å²) in [4.78, 5) is 1.56. The first-order valence-electron chi connectivity index (χ1n) is 8.80. The highest BCUT2D eigenvalue weighted by Crippen LogP contribution is 2.08. The van der Waals surface area contributed by atoms with Crippen molar-refractivity contribution in [2.24, 2.45) is 0 Å². The Hall–Kier alpha value is 0.360. The molecule has 0 aliphatic rings. The van der Waals surface area contributed by atoms with E-state index in [1.807, 2.05) is 12.2 Å². The van der Waals surface area contributed by atoms with Gasteiger partial charge >= 0.3 is 0 Å². The number of nitrogens with zero attached hydrogens (tertiary/aromatic N) is 1. The minimum absolute atomic E-state index is 0. The predicted octanol–water partition coefficient (Wildman–Crippen LogP) is -2.68. The van der Waals surface area contributed by atoms with E-state index in [1.165, 1.54) is 51.6 Å². The molecule has 142 valence electrons. The predicted molar refractivity (Wildman–Crippen MR) is 97.9 cm³/mol. The molecule has 0 aromatic carbocycles. The molecule has 0 amide bonds. The number of halogens is 2. The second-order valence-electron chi connectivity index (χ2n) is 6.66.